The maximum atomic E-state index is 13.7. The van der Waals surface area contributed by atoms with Crippen LogP contribution in [0.15, 0.2) is 35.1 Å². The van der Waals surface area contributed by atoms with Crippen molar-refractivity contribution >= 4 is 17.7 Å². The fourth-order valence-corrected chi connectivity index (χ4v) is 6.03. The molecule has 3 aliphatic carbocycles. The summed E-state index contributed by atoms with van der Waals surface area (Å²) in [4.78, 5) is 38.0. The lowest BCUT2D eigenvalue weighted by atomic mass is 9.54. The van der Waals surface area contributed by atoms with Crippen molar-refractivity contribution in [3.8, 4) is 0 Å². The molecule has 0 radical (unpaired) electrons. The van der Waals surface area contributed by atoms with E-state index in [0.717, 1.165) is 12.0 Å². The Morgan fingerprint density at radius 2 is 2.00 bits per heavy atom. The van der Waals surface area contributed by atoms with Gasteiger partial charge in [0.2, 0.25) is 5.78 Å². The molecule has 1 N–H and O–H groups in total. The molecule has 4 aliphatic rings. The summed E-state index contributed by atoms with van der Waals surface area (Å²) < 4.78 is 17.7. The highest BCUT2D eigenvalue weighted by molar-refractivity contribution is 6.11. The van der Waals surface area contributed by atoms with Gasteiger partial charge >= 0.3 is 11.9 Å². The molecule has 1 saturated carbocycles. The molecule has 2 fully saturated rings. The van der Waals surface area contributed by atoms with Gasteiger partial charge in [0.15, 0.2) is 5.76 Å². The Kier molecular flexibility index (Phi) is 5.63. The number of hydrogen-bond donors (Lipinski definition) is 1. The molecule has 0 amide bonds. The van der Waals surface area contributed by atoms with Crippen molar-refractivity contribution in [1.82, 2.24) is 0 Å². The summed E-state index contributed by atoms with van der Waals surface area (Å²) >= 11 is 0. The Morgan fingerprint density at radius 1 is 1.30 bits per heavy atom. The van der Waals surface area contributed by atoms with Crippen LogP contribution in [0.4, 0.5) is 0 Å². The zero-order valence-electron chi connectivity index (χ0n) is 20.2. The Morgan fingerprint density at radius 3 is 2.61 bits per heavy atom. The van der Waals surface area contributed by atoms with Gasteiger partial charge in [-0.15, -0.1) is 6.58 Å². The third kappa shape index (κ3) is 3.47. The van der Waals surface area contributed by atoms with E-state index in [1.165, 1.54) is 6.92 Å². The molecule has 33 heavy (non-hydrogen) atoms. The first kappa shape index (κ1) is 23.7. The number of carbonyl (C=O) groups is 3. The van der Waals surface area contributed by atoms with Crippen molar-refractivity contribution in [2.45, 2.75) is 72.0 Å². The lowest BCUT2D eigenvalue weighted by Gasteiger charge is -2.51. The quantitative estimate of drug-likeness (QED) is 0.491. The number of hydrogen-bond acceptors (Lipinski definition) is 7. The number of aliphatic hydroxyl groups is 1. The second kappa shape index (κ2) is 7.83. The maximum absolute atomic E-state index is 13.7. The second-order valence-electron chi connectivity index (χ2n) is 10.8. The molecule has 7 nitrogen and oxygen atoms in total. The summed E-state index contributed by atoms with van der Waals surface area (Å²) in [6.45, 7) is 12.9. The van der Waals surface area contributed by atoms with Gasteiger partial charge in [0.25, 0.3) is 0 Å². The molecule has 1 saturated heterocycles. The summed E-state index contributed by atoms with van der Waals surface area (Å²) in [6, 6.07) is 0. The Bertz CT molecular complexity index is 989. The molecule has 180 valence electrons. The average molecular weight is 459 g/mol. The van der Waals surface area contributed by atoms with Crippen molar-refractivity contribution in [2.75, 3.05) is 13.2 Å². The largest absolute Gasteiger partial charge is 0.504 e. The van der Waals surface area contributed by atoms with Crippen molar-refractivity contribution in [3.05, 3.63) is 35.1 Å². The number of Topliss-reactive ketones (excluding diaryl/α,β-unsaturated/α-hetero) is 1. The summed E-state index contributed by atoms with van der Waals surface area (Å²) in [5.74, 6) is -2.11. The molecule has 1 heterocycles. The normalized spacial score (nSPS) is 37.6. The van der Waals surface area contributed by atoms with Crippen LogP contribution in [-0.2, 0) is 28.6 Å². The van der Waals surface area contributed by atoms with Crippen molar-refractivity contribution in [2.24, 2.45) is 22.7 Å². The predicted molar refractivity (Wildman–Crippen MR) is 120 cm³/mol. The van der Waals surface area contributed by atoms with Crippen LogP contribution in [0.2, 0.25) is 0 Å². The number of rotatable bonds is 5. The summed E-state index contributed by atoms with van der Waals surface area (Å²) in [7, 11) is 0. The number of esters is 2. The zero-order valence-corrected chi connectivity index (χ0v) is 20.2. The number of aliphatic hydroxyl groups excluding tert-OH is 1. The number of ether oxygens (including phenoxy) is 3. The van der Waals surface area contributed by atoms with Gasteiger partial charge in [0.05, 0.1) is 17.9 Å². The van der Waals surface area contributed by atoms with Gasteiger partial charge in [-0.25, -0.2) is 0 Å². The van der Waals surface area contributed by atoms with Crippen LogP contribution in [0.25, 0.3) is 0 Å². The summed E-state index contributed by atoms with van der Waals surface area (Å²) in [5, 5.41) is 11.2. The minimum Gasteiger partial charge on any atom is -0.504 e. The minimum atomic E-state index is -1.10. The highest BCUT2D eigenvalue weighted by Crippen LogP contribution is 2.62. The van der Waals surface area contributed by atoms with E-state index < -0.39 is 34.8 Å². The Labute approximate surface area is 194 Å². The molecular formula is C26H34O7. The minimum absolute atomic E-state index is 0.113. The van der Waals surface area contributed by atoms with Gasteiger partial charge in [-0.05, 0) is 43.6 Å². The third-order valence-electron chi connectivity index (χ3n) is 8.05. The lowest BCUT2D eigenvalue weighted by Crippen LogP contribution is -2.54. The highest BCUT2D eigenvalue weighted by atomic mass is 16.6. The van der Waals surface area contributed by atoms with E-state index in [9.17, 15) is 19.5 Å². The van der Waals surface area contributed by atoms with Crippen LogP contribution in [0.3, 0.4) is 0 Å². The summed E-state index contributed by atoms with van der Waals surface area (Å²) in [5.41, 5.74) is -0.307. The smallest absolute Gasteiger partial charge is 0.308 e. The molecule has 0 bridgehead atoms. The molecule has 1 aliphatic heterocycles. The van der Waals surface area contributed by atoms with Crippen LogP contribution in [-0.4, -0.2) is 47.7 Å². The fourth-order valence-electron chi connectivity index (χ4n) is 6.03. The first-order valence-electron chi connectivity index (χ1n) is 11.7. The monoisotopic (exact) mass is 458 g/mol. The van der Waals surface area contributed by atoms with E-state index in [-0.39, 0.29) is 29.6 Å². The number of ketones is 1. The van der Waals surface area contributed by atoms with Crippen LogP contribution < -0.4 is 0 Å². The van der Waals surface area contributed by atoms with E-state index in [4.69, 9.17) is 14.2 Å². The lowest BCUT2D eigenvalue weighted by molar-refractivity contribution is -0.163. The standard InChI is InChI=1S/C26H34O7/c1-7-24(5)8-9-26-17(11-24)21(28)22(29)20-19(26)16(12-32-26)10-18(33-15(4)27)25(20,6)13-31-23(30)14(2)3/h7,14,16,18,28H,1,8-13H2,2-6H3. The van der Waals surface area contributed by atoms with Crippen molar-refractivity contribution in [3.63, 3.8) is 0 Å². The third-order valence-corrected chi connectivity index (χ3v) is 8.05. The van der Waals surface area contributed by atoms with Gasteiger partial charge in [-0.2, -0.15) is 0 Å². The highest BCUT2D eigenvalue weighted by Gasteiger charge is 2.64. The predicted octanol–water partition coefficient (Wildman–Crippen LogP) is 3.98. The molecule has 4 rings (SSSR count). The van der Waals surface area contributed by atoms with Crippen LogP contribution in [0, 0.1) is 22.7 Å². The first-order valence-corrected chi connectivity index (χ1v) is 11.7. The molecule has 5 unspecified atom stereocenters. The van der Waals surface area contributed by atoms with Gasteiger partial charge in [-0.1, -0.05) is 26.8 Å². The average Bonchev–Trinajstić information content (AvgIpc) is 3.11. The van der Waals surface area contributed by atoms with Gasteiger partial charge in [0.1, 0.15) is 18.3 Å². The molecule has 0 aromatic rings. The van der Waals surface area contributed by atoms with Crippen molar-refractivity contribution < 1.29 is 33.7 Å². The van der Waals surface area contributed by atoms with E-state index >= 15 is 0 Å². The van der Waals surface area contributed by atoms with E-state index in [1.807, 2.05) is 6.08 Å². The molecule has 5 atom stereocenters. The van der Waals surface area contributed by atoms with E-state index in [1.54, 1.807) is 20.8 Å². The Balaban J connectivity index is 1.85. The summed E-state index contributed by atoms with van der Waals surface area (Å²) in [6.07, 6.45) is 3.58. The molecule has 0 aromatic heterocycles. The first-order chi connectivity index (χ1) is 15.4. The number of allylic oxidation sites excluding steroid dienone is 2. The van der Waals surface area contributed by atoms with E-state index in [0.29, 0.717) is 37.0 Å². The Hall–Kier alpha value is -2.41. The van der Waals surface area contributed by atoms with Crippen molar-refractivity contribution in [1.29, 1.82) is 0 Å². The van der Waals surface area contributed by atoms with Crippen LogP contribution in [0.5, 0.6) is 0 Å². The maximum Gasteiger partial charge on any atom is 0.308 e. The van der Waals surface area contributed by atoms with Crippen LogP contribution in [0.1, 0.15) is 60.3 Å². The molecular weight excluding hydrogens is 424 g/mol. The zero-order chi connectivity index (χ0) is 24.3. The molecule has 7 heteroatoms. The number of carbonyl (C=O) groups excluding carboxylic acids is 3. The SMILES string of the molecule is C=CC1(C)CCC23OCC4CC(OC(C)=O)C(C)(COC(=O)C(C)C)C(=C42)C(=O)C(O)=C3C1. The van der Waals surface area contributed by atoms with Gasteiger partial charge < -0.3 is 19.3 Å². The van der Waals surface area contributed by atoms with E-state index in [2.05, 4.69) is 13.5 Å². The van der Waals surface area contributed by atoms with Crippen LogP contribution >= 0.6 is 0 Å². The van der Waals surface area contributed by atoms with Gasteiger partial charge in [0, 0.05) is 24.0 Å². The topological polar surface area (TPSA) is 99.1 Å². The molecule has 0 aromatic carbocycles. The second-order valence-corrected chi connectivity index (χ2v) is 10.8. The fraction of sp³-hybridized carbons (Fsp3) is 0.654. The van der Waals surface area contributed by atoms with Gasteiger partial charge in [-0.3, -0.25) is 14.4 Å². The molecule has 1 spiro atoms.